The van der Waals surface area contributed by atoms with Crippen LogP contribution in [0.25, 0.3) is 0 Å². The molecule has 1 rings (SSSR count). The molecule has 1 aromatic heterocycles. The molecule has 0 aliphatic rings. The molecule has 0 saturated carbocycles. The number of nitrogens with zero attached hydrogens (tertiary/aromatic N) is 1. The molecule has 0 fully saturated rings. The van der Waals surface area contributed by atoms with Crippen molar-refractivity contribution in [2.45, 2.75) is 20.8 Å². The fourth-order valence-electron chi connectivity index (χ4n) is 1.02. The Bertz CT molecular complexity index is 321. The van der Waals surface area contributed by atoms with Crippen molar-refractivity contribution in [1.82, 2.24) is 4.98 Å². The lowest BCUT2D eigenvalue weighted by atomic mass is 10.2. The van der Waals surface area contributed by atoms with Crippen LogP contribution in [0, 0.1) is 5.92 Å². The smallest absolute Gasteiger partial charge is 0.224 e. The summed E-state index contributed by atoms with van der Waals surface area (Å²) in [7, 11) is 0. The number of aromatic nitrogens is 1. The molecular weight excluding hydrogens is 178 g/mol. The molecule has 0 atom stereocenters. The highest BCUT2D eigenvalue weighted by atomic mass is 16.5. The Morgan fingerprint density at radius 2 is 2.29 bits per heavy atom. The second-order valence-corrected chi connectivity index (χ2v) is 3.62. The largest absolute Gasteiger partial charge is 0.477 e. The minimum Gasteiger partial charge on any atom is -0.477 e. The molecule has 0 N–H and O–H groups in total. The maximum Gasteiger partial charge on any atom is 0.224 e. The molecule has 0 aromatic carbocycles. The maximum absolute atomic E-state index is 11.2. The quantitative estimate of drug-likeness (QED) is 0.689. The first-order chi connectivity index (χ1) is 6.61. The number of ether oxygens (including phenoxy) is 1. The van der Waals surface area contributed by atoms with Crippen molar-refractivity contribution in [1.29, 1.82) is 0 Å². The first-order valence-electron chi connectivity index (χ1n) is 4.70. The van der Waals surface area contributed by atoms with Gasteiger partial charge in [-0.2, -0.15) is 0 Å². The Labute approximate surface area is 84.1 Å². The molecular formula is C11H15NO2. The van der Waals surface area contributed by atoms with Crippen molar-refractivity contribution in [3.05, 3.63) is 23.9 Å². The number of hydrogen-bond acceptors (Lipinski definition) is 3. The lowest BCUT2D eigenvalue weighted by molar-refractivity contribution is 0.101. The summed E-state index contributed by atoms with van der Waals surface area (Å²) in [6.45, 7) is 6.20. The van der Waals surface area contributed by atoms with Gasteiger partial charge in [0.05, 0.1) is 12.2 Å². The Morgan fingerprint density at radius 1 is 1.57 bits per heavy atom. The van der Waals surface area contributed by atoms with Crippen LogP contribution in [0.3, 0.4) is 0 Å². The molecule has 0 unspecified atom stereocenters. The van der Waals surface area contributed by atoms with Gasteiger partial charge in [-0.1, -0.05) is 13.8 Å². The number of rotatable bonds is 4. The van der Waals surface area contributed by atoms with Crippen molar-refractivity contribution >= 4 is 5.78 Å². The Balaban J connectivity index is 2.79. The van der Waals surface area contributed by atoms with E-state index in [4.69, 9.17) is 4.74 Å². The third-order valence-corrected chi connectivity index (χ3v) is 1.70. The van der Waals surface area contributed by atoms with E-state index in [1.165, 1.54) is 6.92 Å². The highest BCUT2D eigenvalue weighted by Crippen LogP contribution is 2.15. The zero-order valence-electron chi connectivity index (χ0n) is 8.78. The first-order valence-corrected chi connectivity index (χ1v) is 4.70. The molecule has 0 aliphatic carbocycles. The molecule has 0 bridgehead atoms. The number of ketones is 1. The van der Waals surface area contributed by atoms with Gasteiger partial charge in [-0.3, -0.25) is 4.79 Å². The molecule has 0 spiro atoms. The van der Waals surface area contributed by atoms with Gasteiger partial charge in [0.25, 0.3) is 0 Å². The van der Waals surface area contributed by atoms with Crippen molar-refractivity contribution < 1.29 is 9.53 Å². The lowest BCUT2D eigenvalue weighted by Crippen LogP contribution is -2.08. The van der Waals surface area contributed by atoms with E-state index < -0.39 is 0 Å². The summed E-state index contributed by atoms with van der Waals surface area (Å²) in [6.07, 6.45) is 1.63. The average molecular weight is 193 g/mol. The monoisotopic (exact) mass is 193 g/mol. The normalized spacial score (nSPS) is 10.3. The molecule has 3 heteroatoms. The second kappa shape index (κ2) is 4.74. The van der Waals surface area contributed by atoms with E-state index in [-0.39, 0.29) is 5.78 Å². The Hall–Kier alpha value is -1.38. The maximum atomic E-state index is 11.2. The summed E-state index contributed by atoms with van der Waals surface area (Å²) in [5.74, 6) is 0.849. The summed E-state index contributed by atoms with van der Waals surface area (Å²) in [6, 6.07) is 3.46. The predicted octanol–water partition coefficient (Wildman–Crippen LogP) is 2.32. The van der Waals surface area contributed by atoms with Crippen LogP contribution in [0.4, 0.5) is 0 Å². The van der Waals surface area contributed by atoms with Crippen LogP contribution in [0.2, 0.25) is 0 Å². The Morgan fingerprint density at radius 3 is 2.86 bits per heavy atom. The molecule has 1 aromatic rings. The minimum atomic E-state index is -0.0168. The van der Waals surface area contributed by atoms with E-state index >= 15 is 0 Å². The van der Waals surface area contributed by atoms with Gasteiger partial charge in [-0.05, 0) is 25.0 Å². The molecule has 0 aliphatic heterocycles. The third-order valence-electron chi connectivity index (χ3n) is 1.70. The number of carbonyl (C=O) groups excluding carboxylic acids is 1. The molecule has 0 amide bonds. The van der Waals surface area contributed by atoms with E-state index in [0.717, 1.165) is 0 Å². The summed E-state index contributed by atoms with van der Waals surface area (Å²) in [5, 5.41) is 0. The summed E-state index contributed by atoms with van der Waals surface area (Å²) in [5.41, 5.74) is 0.549. The highest BCUT2D eigenvalue weighted by Gasteiger charge is 2.09. The van der Waals surface area contributed by atoms with Crippen LogP contribution in [0.5, 0.6) is 5.88 Å². The van der Waals surface area contributed by atoms with E-state index in [1.807, 2.05) is 0 Å². The fourth-order valence-corrected chi connectivity index (χ4v) is 1.02. The van der Waals surface area contributed by atoms with Crippen LogP contribution in [0.1, 0.15) is 31.1 Å². The van der Waals surface area contributed by atoms with Crippen LogP contribution in [-0.4, -0.2) is 17.4 Å². The molecule has 1 heterocycles. The lowest BCUT2D eigenvalue weighted by Gasteiger charge is -2.09. The van der Waals surface area contributed by atoms with Gasteiger partial charge in [0, 0.05) is 6.20 Å². The van der Waals surface area contributed by atoms with Gasteiger partial charge >= 0.3 is 0 Å². The summed E-state index contributed by atoms with van der Waals surface area (Å²) in [4.78, 5) is 15.2. The van der Waals surface area contributed by atoms with E-state index in [9.17, 15) is 4.79 Å². The van der Waals surface area contributed by atoms with Gasteiger partial charge < -0.3 is 4.74 Å². The first kappa shape index (κ1) is 10.7. The SMILES string of the molecule is CC(=O)c1cccnc1OCC(C)C. The topological polar surface area (TPSA) is 39.2 Å². The van der Waals surface area contributed by atoms with Crippen molar-refractivity contribution in [2.24, 2.45) is 5.92 Å². The van der Waals surface area contributed by atoms with Gasteiger partial charge in [-0.25, -0.2) is 4.98 Å². The molecule has 76 valence electrons. The van der Waals surface area contributed by atoms with E-state index in [1.54, 1.807) is 18.3 Å². The highest BCUT2D eigenvalue weighted by molar-refractivity contribution is 5.96. The van der Waals surface area contributed by atoms with Crippen molar-refractivity contribution in [3.8, 4) is 5.88 Å². The van der Waals surface area contributed by atoms with Crippen molar-refractivity contribution in [3.63, 3.8) is 0 Å². The molecule has 14 heavy (non-hydrogen) atoms. The number of pyridine rings is 1. The van der Waals surface area contributed by atoms with Crippen molar-refractivity contribution in [2.75, 3.05) is 6.61 Å². The van der Waals surface area contributed by atoms with Gasteiger partial charge in [0.2, 0.25) is 5.88 Å². The minimum absolute atomic E-state index is 0.0168. The van der Waals surface area contributed by atoms with E-state index in [2.05, 4.69) is 18.8 Å². The molecule has 3 nitrogen and oxygen atoms in total. The second-order valence-electron chi connectivity index (χ2n) is 3.62. The molecule has 0 radical (unpaired) electrons. The summed E-state index contributed by atoms with van der Waals surface area (Å²) >= 11 is 0. The number of carbonyl (C=O) groups is 1. The van der Waals surface area contributed by atoms with Gasteiger partial charge in [-0.15, -0.1) is 0 Å². The van der Waals surface area contributed by atoms with E-state index in [0.29, 0.717) is 24.0 Å². The molecule has 0 saturated heterocycles. The number of hydrogen-bond donors (Lipinski definition) is 0. The number of Topliss-reactive ketones (excluding diaryl/α,β-unsaturated/α-hetero) is 1. The van der Waals surface area contributed by atoms with Gasteiger partial charge in [0.1, 0.15) is 0 Å². The Kier molecular flexibility index (Phi) is 3.63. The fraction of sp³-hybridized carbons (Fsp3) is 0.455. The van der Waals surface area contributed by atoms with Gasteiger partial charge in [0.15, 0.2) is 5.78 Å². The zero-order chi connectivity index (χ0) is 10.6. The van der Waals surface area contributed by atoms with Crippen LogP contribution in [-0.2, 0) is 0 Å². The van der Waals surface area contributed by atoms with Crippen LogP contribution < -0.4 is 4.74 Å². The third kappa shape index (κ3) is 2.83. The standard InChI is InChI=1S/C11H15NO2/c1-8(2)7-14-11-10(9(3)13)5-4-6-12-11/h4-6,8H,7H2,1-3H3. The van der Waals surface area contributed by atoms with Crippen LogP contribution >= 0.6 is 0 Å². The predicted molar refractivity (Wildman–Crippen MR) is 54.6 cm³/mol. The average Bonchev–Trinajstić information content (AvgIpc) is 2.15. The summed E-state index contributed by atoms with van der Waals surface area (Å²) < 4.78 is 5.43. The van der Waals surface area contributed by atoms with Crippen LogP contribution in [0.15, 0.2) is 18.3 Å². The zero-order valence-corrected chi connectivity index (χ0v) is 8.78.